The third-order valence-corrected chi connectivity index (χ3v) is 3.62. The predicted octanol–water partition coefficient (Wildman–Crippen LogP) is 3.05. The summed E-state index contributed by atoms with van der Waals surface area (Å²) in [6.07, 6.45) is 1.52. The average molecular weight is 384 g/mol. The molecule has 0 radical (unpaired) electrons. The van der Waals surface area contributed by atoms with E-state index in [1.807, 2.05) is 13.8 Å². The highest BCUT2D eigenvalue weighted by atomic mass is 16.6. The molecule has 2 rings (SSSR count). The molecule has 0 bridgehead atoms. The van der Waals surface area contributed by atoms with Crippen LogP contribution in [0.5, 0.6) is 5.75 Å². The lowest BCUT2D eigenvalue weighted by Gasteiger charge is -2.07. The smallest absolute Gasteiger partial charge is 0.271 e. The molecule has 0 aliphatic carbocycles. The monoisotopic (exact) mass is 384 g/mol. The van der Waals surface area contributed by atoms with Crippen molar-refractivity contribution in [1.29, 1.82) is 0 Å². The van der Waals surface area contributed by atoms with E-state index in [1.54, 1.807) is 12.1 Å². The van der Waals surface area contributed by atoms with E-state index < -0.39 is 10.8 Å². The Morgan fingerprint density at radius 2 is 1.89 bits per heavy atom. The Morgan fingerprint density at radius 3 is 2.50 bits per heavy atom. The number of anilines is 1. The van der Waals surface area contributed by atoms with Gasteiger partial charge in [-0.05, 0) is 36.2 Å². The van der Waals surface area contributed by atoms with Gasteiger partial charge in [-0.25, -0.2) is 5.43 Å². The SMILES string of the molecule is CC(C)CC(=O)Nc1ccc(C(=O)NN=Cc2cc([N+](=O)[O-])ccc2O)cc1. The number of hydrazone groups is 1. The van der Waals surface area contributed by atoms with Crippen molar-refractivity contribution < 1.29 is 19.6 Å². The van der Waals surface area contributed by atoms with Gasteiger partial charge in [0.15, 0.2) is 0 Å². The number of nitro benzene ring substituents is 1. The van der Waals surface area contributed by atoms with E-state index in [2.05, 4.69) is 15.8 Å². The fourth-order valence-corrected chi connectivity index (χ4v) is 2.27. The molecule has 3 N–H and O–H groups in total. The zero-order valence-electron chi connectivity index (χ0n) is 15.4. The Balaban J connectivity index is 1.98. The van der Waals surface area contributed by atoms with E-state index in [4.69, 9.17) is 0 Å². The molecule has 9 nitrogen and oxygen atoms in total. The lowest BCUT2D eigenvalue weighted by atomic mass is 10.1. The number of amides is 2. The third kappa shape index (κ3) is 5.90. The van der Waals surface area contributed by atoms with Gasteiger partial charge in [-0.3, -0.25) is 19.7 Å². The lowest BCUT2D eigenvalue weighted by molar-refractivity contribution is -0.384. The number of carbonyl (C=O) groups excluding carboxylic acids is 2. The summed E-state index contributed by atoms with van der Waals surface area (Å²) >= 11 is 0. The molecular formula is C19H20N4O5. The van der Waals surface area contributed by atoms with E-state index in [0.29, 0.717) is 17.7 Å². The molecule has 0 aliphatic rings. The molecule has 0 saturated heterocycles. The van der Waals surface area contributed by atoms with Crippen LogP contribution in [0, 0.1) is 16.0 Å². The van der Waals surface area contributed by atoms with E-state index in [9.17, 15) is 24.8 Å². The van der Waals surface area contributed by atoms with Crippen LogP contribution in [-0.4, -0.2) is 28.1 Å². The average Bonchev–Trinajstić information content (AvgIpc) is 2.62. The Kier molecular flexibility index (Phi) is 6.80. The Labute approximate surface area is 161 Å². The highest BCUT2D eigenvalue weighted by Gasteiger charge is 2.10. The van der Waals surface area contributed by atoms with Gasteiger partial charge < -0.3 is 10.4 Å². The van der Waals surface area contributed by atoms with Crippen LogP contribution in [0.4, 0.5) is 11.4 Å². The first-order valence-electron chi connectivity index (χ1n) is 8.47. The van der Waals surface area contributed by atoms with E-state index >= 15 is 0 Å². The molecule has 2 amide bonds. The number of hydrogen-bond acceptors (Lipinski definition) is 6. The normalized spacial score (nSPS) is 10.8. The molecule has 9 heteroatoms. The van der Waals surface area contributed by atoms with Crippen LogP contribution in [0.1, 0.15) is 36.2 Å². The zero-order valence-corrected chi connectivity index (χ0v) is 15.4. The molecule has 0 aliphatic heterocycles. The van der Waals surface area contributed by atoms with Crippen molar-refractivity contribution >= 4 is 29.4 Å². The van der Waals surface area contributed by atoms with Crippen molar-refractivity contribution in [1.82, 2.24) is 5.43 Å². The standard InChI is InChI=1S/C19H20N4O5/c1-12(2)9-18(25)21-15-5-3-13(4-6-15)19(26)22-20-11-14-10-16(23(27)28)7-8-17(14)24/h3-8,10-12,24H,9H2,1-2H3,(H,21,25)(H,22,26). The third-order valence-electron chi connectivity index (χ3n) is 3.62. The van der Waals surface area contributed by atoms with Gasteiger partial charge in [0.25, 0.3) is 11.6 Å². The first-order valence-corrected chi connectivity index (χ1v) is 8.47. The summed E-state index contributed by atoms with van der Waals surface area (Å²) in [7, 11) is 0. The number of carbonyl (C=O) groups is 2. The summed E-state index contributed by atoms with van der Waals surface area (Å²) in [4.78, 5) is 34.0. The first-order chi connectivity index (χ1) is 13.3. The van der Waals surface area contributed by atoms with Crippen molar-refractivity contribution in [3.05, 3.63) is 63.7 Å². The lowest BCUT2D eigenvalue weighted by Crippen LogP contribution is -2.18. The highest BCUT2D eigenvalue weighted by Crippen LogP contribution is 2.21. The summed E-state index contributed by atoms with van der Waals surface area (Å²) in [5.41, 5.74) is 3.04. The second-order valence-electron chi connectivity index (χ2n) is 6.42. The fraction of sp³-hybridized carbons (Fsp3) is 0.211. The van der Waals surface area contributed by atoms with Crippen molar-refractivity contribution in [2.45, 2.75) is 20.3 Å². The summed E-state index contributed by atoms with van der Waals surface area (Å²) in [6, 6.07) is 9.73. The maximum atomic E-state index is 12.1. The number of nitrogens with zero attached hydrogens (tertiary/aromatic N) is 2. The van der Waals surface area contributed by atoms with Gasteiger partial charge in [0.2, 0.25) is 5.91 Å². The molecule has 146 valence electrons. The topological polar surface area (TPSA) is 134 Å². The molecule has 0 heterocycles. The number of phenolic OH excluding ortho intramolecular Hbond substituents is 1. The Hall–Kier alpha value is -3.75. The van der Waals surface area contributed by atoms with Gasteiger partial charge in [0, 0.05) is 35.4 Å². The Bertz CT molecular complexity index is 907. The molecular weight excluding hydrogens is 364 g/mol. The van der Waals surface area contributed by atoms with Crippen LogP contribution in [-0.2, 0) is 4.79 Å². The van der Waals surface area contributed by atoms with Crippen LogP contribution in [0.2, 0.25) is 0 Å². The van der Waals surface area contributed by atoms with Gasteiger partial charge in [-0.2, -0.15) is 5.10 Å². The largest absolute Gasteiger partial charge is 0.507 e. The van der Waals surface area contributed by atoms with Crippen molar-refractivity contribution in [3.63, 3.8) is 0 Å². The number of aromatic hydroxyl groups is 1. The zero-order chi connectivity index (χ0) is 20.7. The number of hydrogen-bond donors (Lipinski definition) is 3. The predicted molar refractivity (Wildman–Crippen MR) is 104 cm³/mol. The maximum absolute atomic E-state index is 12.1. The van der Waals surface area contributed by atoms with Crippen LogP contribution < -0.4 is 10.7 Å². The van der Waals surface area contributed by atoms with Crippen molar-refractivity contribution in [3.8, 4) is 5.75 Å². The first kappa shape index (κ1) is 20.6. The number of nitro groups is 1. The van der Waals surface area contributed by atoms with Crippen molar-refractivity contribution in [2.75, 3.05) is 5.32 Å². The summed E-state index contributed by atoms with van der Waals surface area (Å²) in [5.74, 6) is -0.576. The highest BCUT2D eigenvalue weighted by molar-refractivity contribution is 5.96. The molecule has 0 fully saturated rings. The van der Waals surface area contributed by atoms with Crippen LogP contribution in [0.25, 0.3) is 0 Å². The minimum absolute atomic E-state index is 0.0951. The second kappa shape index (κ2) is 9.26. The van der Waals surface area contributed by atoms with Gasteiger partial charge in [-0.15, -0.1) is 0 Å². The number of non-ortho nitro benzene ring substituents is 1. The van der Waals surface area contributed by atoms with E-state index in [-0.39, 0.29) is 28.8 Å². The van der Waals surface area contributed by atoms with Crippen LogP contribution >= 0.6 is 0 Å². The molecule has 2 aromatic carbocycles. The van der Waals surface area contributed by atoms with Gasteiger partial charge in [-0.1, -0.05) is 13.8 Å². The second-order valence-corrected chi connectivity index (χ2v) is 6.42. The van der Waals surface area contributed by atoms with Gasteiger partial charge in [0.05, 0.1) is 11.1 Å². The molecule has 0 unspecified atom stereocenters. The molecule has 28 heavy (non-hydrogen) atoms. The van der Waals surface area contributed by atoms with Gasteiger partial charge >= 0.3 is 0 Å². The minimum Gasteiger partial charge on any atom is -0.507 e. The quantitative estimate of drug-likeness (QED) is 0.383. The molecule has 0 spiro atoms. The van der Waals surface area contributed by atoms with E-state index in [1.165, 1.54) is 18.2 Å². The molecule has 0 saturated carbocycles. The van der Waals surface area contributed by atoms with E-state index in [0.717, 1.165) is 18.3 Å². The summed E-state index contributed by atoms with van der Waals surface area (Å²) < 4.78 is 0. The maximum Gasteiger partial charge on any atom is 0.271 e. The fourth-order valence-electron chi connectivity index (χ4n) is 2.27. The van der Waals surface area contributed by atoms with Crippen LogP contribution in [0.15, 0.2) is 47.6 Å². The summed E-state index contributed by atoms with van der Waals surface area (Å²) in [5, 5.41) is 26.9. The number of nitrogens with one attached hydrogen (secondary N) is 2. The van der Waals surface area contributed by atoms with Crippen LogP contribution in [0.3, 0.4) is 0 Å². The molecule has 2 aromatic rings. The van der Waals surface area contributed by atoms with Gasteiger partial charge in [0.1, 0.15) is 5.75 Å². The summed E-state index contributed by atoms with van der Waals surface area (Å²) in [6.45, 7) is 3.89. The van der Waals surface area contributed by atoms with Crippen molar-refractivity contribution in [2.24, 2.45) is 11.0 Å². The number of benzene rings is 2. The minimum atomic E-state index is -0.600. The molecule has 0 atom stereocenters. The number of phenols is 1. The molecule has 0 aromatic heterocycles. The number of rotatable bonds is 7. The Morgan fingerprint density at radius 1 is 1.21 bits per heavy atom.